The molecule has 0 bridgehead atoms. The van der Waals surface area contributed by atoms with Gasteiger partial charge in [0.15, 0.2) is 0 Å². The summed E-state index contributed by atoms with van der Waals surface area (Å²) in [5.41, 5.74) is 0. The number of aliphatic hydroxyl groups excluding tert-OH is 2. The zero-order chi connectivity index (χ0) is 62.0. The first-order valence-corrected chi connectivity index (χ1v) is 39.6. The standard InChI is InChI=1S/C80H155NO5/c1-3-5-7-9-11-13-15-16-17-18-19-37-40-43-46-49-53-56-60-64-68-72-78(83)77(76-82)81-79(84)73-69-65-61-57-54-50-47-44-41-38-35-33-31-29-27-25-23-21-20-22-24-26-28-30-32-34-36-39-42-45-48-51-55-59-63-67-71-75-86-80(85)74-70-66-62-58-52-14-12-10-8-6-4-2/h10,12,68,72,77-78,82-83H,3-9,11,13-67,69-71,73-76H2,1-2H3,(H,81,84)/b12-10-,72-68+. The second kappa shape index (κ2) is 75.8. The van der Waals surface area contributed by atoms with Gasteiger partial charge in [-0.25, -0.2) is 0 Å². The van der Waals surface area contributed by atoms with E-state index in [-0.39, 0.29) is 18.5 Å². The molecular weight excluding hydrogens is 1050 g/mol. The fourth-order valence-corrected chi connectivity index (χ4v) is 12.7. The highest BCUT2D eigenvalue weighted by Gasteiger charge is 2.18. The van der Waals surface area contributed by atoms with Crippen LogP contribution in [0.25, 0.3) is 0 Å². The third kappa shape index (κ3) is 71.4. The van der Waals surface area contributed by atoms with E-state index < -0.39 is 12.1 Å². The van der Waals surface area contributed by atoms with Crippen molar-refractivity contribution >= 4 is 11.9 Å². The zero-order valence-electron chi connectivity index (χ0n) is 58.6. The van der Waals surface area contributed by atoms with E-state index in [1.807, 2.05) is 6.08 Å². The van der Waals surface area contributed by atoms with E-state index in [0.717, 1.165) is 44.9 Å². The summed E-state index contributed by atoms with van der Waals surface area (Å²) < 4.78 is 5.47. The maximum Gasteiger partial charge on any atom is 0.305 e. The second-order valence-corrected chi connectivity index (χ2v) is 27.4. The summed E-state index contributed by atoms with van der Waals surface area (Å²) >= 11 is 0. The van der Waals surface area contributed by atoms with Gasteiger partial charge < -0.3 is 20.3 Å². The van der Waals surface area contributed by atoms with Crippen molar-refractivity contribution in [3.63, 3.8) is 0 Å². The van der Waals surface area contributed by atoms with Crippen LogP contribution >= 0.6 is 0 Å². The largest absolute Gasteiger partial charge is 0.466 e. The highest BCUT2D eigenvalue weighted by atomic mass is 16.5. The van der Waals surface area contributed by atoms with Crippen LogP contribution in [0.5, 0.6) is 0 Å². The Hall–Kier alpha value is -1.66. The lowest BCUT2D eigenvalue weighted by atomic mass is 10.0. The molecule has 0 spiro atoms. The number of hydrogen-bond acceptors (Lipinski definition) is 5. The SMILES string of the molecule is CCCC/C=C\CCCCCCCC(=O)OCCCCCCCCCCCCCCCCCCCCCCCCCCCCCCCCCCCCCCCC(=O)NC(CO)C(O)/C=C/CCCCCCCCCCCCCCCCCCCCC. The molecule has 86 heavy (non-hydrogen) atoms. The number of carbonyl (C=O) groups is 2. The Morgan fingerprint density at radius 3 is 0.860 bits per heavy atom. The third-order valence-corrected chi connectivity index (χ3v) is 18.7. The van der Waals surface area contributed by atoms with Gasteiger partial charge in [-0.05, 0) is 51.4 Å². The number of hydrogen-bond donors (Lipinski definition) is 3. The van der Waals surface area contributed by atoms with Crippen molar-refractivity contribution in [1.82, 2.24) is 5.32 Å². The Morgan fingerprint density at radius 2 is 0.558 bits per heavy atom. The molecule has 2 atom stereocenters. The molecular formula is C80H155NO5. The fourth-order valence-electron chi connectivity index (χ4n) is 12.7. The van der Waals surface area contributed by atoms with Crippen LogP contribution in [-0.2, 0) is 14.3 Å². The normalized spacial score (nSPS) is 12.6. The van der Waals surface area contributed by atoms with Gasteiger partial charge in [-0.2, -0.15) is 0 Å². The first-order valence-electron chi connectivity index (χ1n) is 39.6. The van der Waals surface area contributed by atoms with Crippen LogP contribution in [-0.4, -0.2) is 47.4 Å². The van der Waals surface area contributed by atoms with Gasteiger partial charge in [-0.3, -0.25) is 9.59 Å². The molecule has 0 aliphatic carbocycles. The predicted molar refractivity (Wildman–Crippen MR) is 380 cm³/mol. The van der Waals surface area contributed by atoms with Crippen LogP contribution < -0.4 is 5.32 Å². The number of esters is 1. The second-order valence-electron chi connectivity index (χ2n) is 27.4. The molecule has 0 radical (unpaired) electrons. The molecule has 510 valence electrons. The number of allylic oxidation sites excluding steroid dienone is 3. The van der Waals surface area contributed by atoms with Gasteiger partial charge in [0, 0.05) is 12.8 Å². The van der Waals surface area contributed by atoms with Gasteiger partial charge in [-0.1, -0.05) is 411 Å². The minimum atomic E-state index is -0.841. The summed E-state index contributed by atoms with van der Waals surface area (Å²) in [6, 6.07) is -0.624. The number of rotatable bonds is 75. The summed E-state index contributed by atoms with van der Waals surface area (Å²) in [5.74, 6) is -0.0446. The zero-order valence-corrected chi connectivity index (χ0v) is 58.6. The Bertz CT molecular complexity index is 1350. The Kier molecular flexibility index (Phi) is 74.3. The average molecular weight is 1210 g/mol. The van der Waals surface area contributed by atoms with Gasteiger partial charge in [-0.15, -0.1) is 0 Å². The number of carbonyl (C=O) groups excluding carboxylic acids is 2. The van der Waals surface area contributed by atoms with E-state index in [2.05, 4.69) is 31.3 Å². The summed E-state index contributed by atoms with van der Waals surface area (Å²) in [4.78, 5) is 24.6. The van der Waals surface area contributed by atoms with Gasteiger partial charge >= 0.3 is 5.97 Å². The highest BCUT2D eigenvalue weighted by Crippen LogP contribution is 2.20. The van der Waals surface area contributed by atoms with Crippen LogP contribution in [0.15, 0.2) is 24.3 Å². The van der Waals surface area contributed by atoms with Gasteiger partial charge in [0.25, 0.3) is 0 Å². The molecule has 0 aromatic carbocycles. The number of nitrogens with one attached hydrogen (secondary N) is 1. The molecule has 2 unspecified atom stereocenters. The van der Waals surface area contributed by atoms with E-state index in [9.17, 15) is 19.8 Å². The third-order valence-electron chi connectivity index (χ3n) is 18.7. The minimum absolute atomic E-state index is 0.0127. The van der Waals surface area contributed by atoms with E-state index in [1.54, 1.807) is 6.08 Å². The number of amides is 1. The van der Waals surface area contributed by atoms with E-state index >= 15 is 0 Å². The monoisotopic (exact) mass is 1210 g/mol. The van der Waals surface area contributed by atoms with Crippen LogP contribution in [0.3, 0.4) is 0 Å². The first kappa shape index (κ1) is 84.3. The summed E-state index contributed by atoms with van der Waals surface area (Å²) in [7, 11) is 0. The van der Waals surface area contributed by atoms with E-state index in [0.29, 0.717) is 19.4 Å². The first-order chi connectivity index (χ1) is 42.5. The van der Waals surface area contributed by atoms with Gasteiger partial charge in [0.2, 0.25) is 5.91 Å². The molecule has 0 aromatic heterocycles. The van der Waals surface area contributed by atoms with Crippen molar-refractivity contribution in [2.75, 3.05) is 13.2 Å². The van der Waals surface area contributed by atoms with Gasteiger partial charge in [0.05, 0.1) is 25.4 Å². The maximum absolute atomic E-state index is 12.5. The summed E-state index contributed by atoms with van der Waals surface area (Å²) in [5, 5.41) is 23.3. The van der Waals surface area contributed by atoms with Crippen molar-refractivity contribution in [3.05, 3.63) is 24.3 Å². The Balaban J connectivity index is 3.33. The molecule has 0 aliphatic rings. The molecule has 6 heteroatoms. The maximum atomic E-state index is 12.5. The molecule has 3 N–H and O–H groups in total. The van der Waals surface area contributed by atoms with Crippen molar-refractivity contribution in [2.45, 2.75) is 463 Å². The summed E-state index contributed by atoms with van der Waals surface area (Å²) in [6.45, 7) is 4.92. The number of ether oxygens (including phenoxy) is 1. The van der Waals surface area contributed by atoms with Crippen molar-refractivity contribution in [1.29, 1.82) is 0 Å². The van der Waals surface area contributed by atoms with Gasteiger partial charge in [0.1, 0.15) is 0 Å². The lowest BCUT2D eigenvalue weighted by Crippen LogP contribution is -2.45. The topological polar surface area (TPSA) is 95.9 Å². The van der Waals surface area contributed by atoms with Crippen molar-refractivity contribution in [2.24, 2.45) is 0 Å². The molecule has 1 amide bonds. The number of unbranched alkanes of at least 4 members (excludes halogenated alkanes) is 62. The van der Waals surface area contributed by atoms with Crippen molar-refractivity contribution in [3.8, 4) is 0 Å². The van der Waals surface area contributed by atoms with E-state index in [4.69, 9.17) is 4.74 Å². The highest BCUT2D eigenvalue weighted by molar-refractivity contribution is 5.76. The lowest BCUT2D eigenvalue weighted by molar-refractivity contribution is -0.143. The van der Waals surface area contributed by atoms with Crippen molar-refractivity contribution < 1.29 is 24.5 Å². The molecule has 0 fully saturated rings. The van der Waals surface area contributed by atoms with Crippen LogP contribution in [0, 0.1) is 0 Å². The van der Waals surface area contributed by atoms with Crippen LogP contribution in [0.4, 0.5) is 0 Å². The molecule has 0 saturated heterocycles. The fraction of sp³-hybridized carbons (Fsp3) is 0.925. The molecule has 0 saturated carbocycles. The number of aliphatic hydroxyl groups is 2. The molecule has 0 aromatic rings. The lowest BCUT2D eigenvalue weighted by Gasteiger charge is -2.20. The Labute approximate surface area is 539 Å². The van der Waals surface area contributed by atoms with E-state index in [1.165, 1.54) is 379 Å². The van der Waals surface area contributed by atoms with Crippen LogP contribution in [0.2, 0.25) is 0 Å². The Morgan fingerprint density at radius 1 is 0.314 bits per heavy atom. The minimum Gasteiger partial charge on any atom is -0.466 e. The molecule has 0 heterocycles. The molecule has 6 nitrogen and oxygen atoms in total. The molecule has 0 aliphatic heterocycles. The average Bonchev–Trinajstić information content (AvgIpc) is 3.61. The quantitative estimate of drug-likeness (QED) is 0.0320. The van der Waals surface area contributed by atoms with Crippen LogP contribution in [0.1, 0.15) is 450 Å². The predicted octanol–water partition coefficient (Wildman–Crippen LogP) is 26.0. The molecule has 0 rings (SSSR count). The smallest absolute Gasteiger partial charge is 0.305 e. The summed E-state index contributed by atoms with van der Waals surface area (Å²) in [6.07, 6.45) is 97.4.